The molecule has 0 saturated heterocycles. The molecule has 0 spiro atoms. The minimum absolute atomic E-state index is 0.218. The summed E-state index contributed by atoms with van der Waals surface area (Å²) in [5.74, 6) is 0.218. The second kappa shape index (κ2) is 8.69. The lowest BCUT2D eigenvalue weighted by atomic mass is 10.1. The van der Waals surface area contributed by atoms with E-state index in [1.807, 2.05) is 24.0 Å². The summed E-state index contributed by atoms with van der Waals surface area (Å²) in [6, 6.07) is 1.89. The molecule has 102 valence electrons. The quantitative estimate of drug-likeness (QED) is 0.673. The molecule has 0 saturated carbocycles. The number of hydrogen-bond acceptors (Lipinski definition) is 3. The van der Waals surface area contributed by atoms with Crippen LogP contribution in [0.15, 0.2) is 18.5 Å². The number of rotatable bonds is 9. The summed E-state index contributed by atoms with van der Waals surface area (Å²) in [5.41, 5.74) is 5.42. The fraction of sp³-hybridized carbons (Fsp3) is 0.692. The number of likely N-dealkylation sites (N-methyl/N-ethyl adjacent to an activating group) is 1. The van der Waals surface area contributed by atoms with E-state index in [9.17, 15) is 4.79 Å². The zero-order valence-corrected chi connectivity index (χ0v) is 11.2. The Bertz CT molecular complexity index is 324. The molecule has 1 amide bonds. The first-order valence-electron chi connectivity index (χ1n) is 6.65. The zero-order valence-electron chi connectivity index (χ0n) is 11.2. The van der Waals surface area contributed by atoms with Crippen LogP contribution >= 0.6 is 0 Å². The number of carbonyl (C=O) groups is 1. The van der Waals surface area contributed by atoms with Crippen molar-refractivity contribution in [2.24, 2.45) is 5.73 Å². The van der Waals surface area contributed by atoms with Crippen LogP contribution < -0.4 is 5.73 Å². The van der Waals surface area contributed by atoms with Crippen molar-refractivity contribution in [3.05, 3.63) is 18.5 Å². The van der Waals surface area contributed by atoms with E-state index in [1.165, 1.54) is 0 Å². The number of nitrogens with two attached hydrogens (primary N) is 1. The Morgan fingerprint density at radius 3 is 2.78 bits per heavy atom. The smallest absolute Gasteiger partial charge is 0.222 e. The molecule has 1 aromatic heterocycles. The van der Waals surface area contributed by atoms with Crippen LogP contribution in [0.25, 0.3) is 0 Å². The maximum absolute atomic E-state index is 11.8. The molecule has 0 aliphatic heterocycles. The third-order valence-corrected chi connectivity index (χ3v) is 2.99. The van der Waals surface area contributed by atoms with Gasteiger partial charge >= 0.3 is 0 Å². The Morgan fingerprint density at radius 2 is 2.11 bits per heavy atom. The van der Waals surface area contributed by atoms with Crippen LogP contribution in [-0.2, 0) is 11.3 Å². The average Bonchev–Trinajstić information content (AvgIpc) is 2.88. The van der Waals surface area contributed by atoms with E-state index in [0.717, 1.165) is 38.8 Å². The van der Waals surface area contributed by atoms with Crippen LogP contribution in [-0.4, -0.2) is 40.7 Å². The second-order valence-electron chi connectivity index (χ2n) is 4.54. The zero-order chi connectivity index (χ0) is 13.2. The molecule has 2 N–H and O–H groups in total. The third kappa shape index (κ3) is 5.82. The highest BCUT2D eigenvalue weighted by Gasteiger charge is 2.07. The maximum Gasteiger partial charge on any atom is 0.222 e. The molecule has 0 unspecified atom stereocenters. The van der Waals surface area contributed by atoms with Crippen molar-refractivity contribution < 1.29 is 4.79 Å². The summed E-state index contributed by atoms with van der Waals surface area (Å²) < 4.78 is 1.84. The van der Waals surface area contributed by atoms with E-state index >= 15 is 0 Å². The lowest BCUT2D eigenvalue weighted by Crippen LogP contribution is -2.29. The summed E-state index contributed by atoms with van der Waals surface area (Å²) in [6.07, 6.45) is 8.54. The van der Waals surface area contributed by atoms with E-state index in [1.54, 1.807) is 11.1 Å². The van der Waals surface area contributed by atoms with Crippen molar-refractivity contribution in [2.75, 3.05) is 20.1 Å². The Morgan fingerprint density at radius 1 is 1.33 bits per heavy atom. The van der Waals surface area contributed by atoms with Crippen molar-refractivity contribution in [3.8, 4) is 0 Å². The van der Waals surface area contributed by atoms with Gasteiger partial charge in [-0.2, -0.15) is 5.10 Å². The normalized spacial score (nSPS) is 10.6. The molecule has 5 nitrogen and oxygen atoms in total. The van der Waals surface area contributed by atoms with E-state index < -0.39 is 0 Å². The van der Waals surface area contributed by atoms with Gasteiger partial charge in [0.05, 0.1) is 6.54 Å². The summed E-state index contributed by atoms with van der Waals surface area (Å²) in [6.45, 7) is 2.21. The molecule has 0 bridgehead atoms. The van der Waals surface area contributed by atoms with Crippen molar-refractivity contribution in [3.63, 3.8) is 0 Å². The number of amides is 1. The van der Waals surface area contributed by atoms with E-state index in [-0.39, 0.29) is 5.91 Å². The second-order valence-corrected chi connectivity index (χ2v) is 4.54. The van der Waals surface area contributed by atoms with Crippen LogP contribution in [0.4, 0.5) is 0 Å². The Labute approximate surface area is 109 Å². The molecule has 18 heavy (non-hydrogen) atoms. The van der Waals surface area contributed by atoms with Gasteiger partial charge in [0.1, 0.15) is 0 Å². The highest BCUT2D eigenvalue weighted by atomic mass is 16.2. The minimum atomic E-state index is 0.218. The predicted octanol–water partition coefficient (Wildman–Crippen LogP) is 1.25. The molecule has 0 fully saturated rings. The van der Waals surface area contributed by atoms with Gasteiger partial charge in [-0.05, 0) is 25.5 Å². The summed E-state index contributed by atoms with van der Waals surface area (Å²) >= 11 is 0. The van der Waals surface area contributed by atoms with Crippen LogP contribution in [0.1, 0.15) is 32.1 Å². The SMILES string of the molecule is CN(CCn1cccn1)C(=O)CCCCCCN. The molecule has 1 rings (SSSR count). The van der Waals surface area contributed by atoms with Crippen LogP contribution in [0, 0.1) is 0 Å². The highest BCUT2D eigenvalue weighted by molar-refractivity contribution is 5.75. The molecule has 0 aliphatic carbocycles. The monoisotopic (exact) mass is 252 g/mol. The van der Waals surface area contributed by atoms with E-state index in [2.05, 4.69) is 5.10 Å². The van der Waals surface area contributed by atoms with Crippen molar-refractivity contribution in [1.29, 1.82) is 0 Å². The number of hydrogen-bond donors (Lipinski definition) is 1. The number of aromatic nitrogens is 2. The summed E-state index contributed by atoms with van der Waals surface area (Å²) in [5, 5.41) is 4.11. The van der Waals surface area contributed by atoms with Gasteiger partial charge in [-0.3, -0.25) is 9.48 Å². The standard InChI is InChI=1S/C13H24N4O/c1-16(11-12-17-10-6-9-15-17)13(18)7-4-2-3-5-8-14/h6,9-10H,2-5,7-8,11-12,14H2,1H3. The number of carbonyl (C=O) groups excluding carboxylic acids is 1. The summed E-state index contributed by atoms with van der Waals surface area (Å²) in [7, 11) is 1.85. The van der Waals surface area contributed by atoms with Gasteiger partial charge < -0.3 is 10.6 Å². The summed E-state index contributed by atoms with van der Waals surface area (Å²) in [4.78, 5) is 13.6. The molecule has 1 aromatic rings. The van der Waals surface area contributed by atoms with Gasteiger partial charge in [-0.1, -0.05) is 12.8 Å². The van der Waals surface area contributed by atoms with Crippen molar-refractivity contribution in [1.82, 2.24) is 14.7 Å². The molecule has 0 radical (unpaired) electrons. The minimum Gasteiger partial charge on any atom is -0.344 e. The van der Waals surface area contributed by atoms with Gasteiger partial charge in [0.25, 0.3) is 0 Å². The van der Waals surface area contributed by atoms with Gasteiger partial charge in [0.15, 0.2) is 0 Å². The van der Waals surface area contributed by atoms with Gasteiger partial charge in [0.2, 0.25) is 5.91 Å². The first-order valence-corrected chi connectivity index (χ1v) is 6.65. The highest BCUT2D eigenvalue weighted by Crippen LogP contribution is 2.04. The molecule has 0 aromatic carbocycles. The average molecular weight is 252 g/mol. The van der Waals surface area contributed by atoms with E-state index in [0.29, 0.717) is 13.0 Å². The lowest BCUT2D eigenvalue weighted by molar-refractivity contribution is -0.130. The predicted molar refractivity (Wildman–Crippen MR) is 72.0 cm³/mol. The van der Waals surface area contributed by atoms with Gasteiger partial charge in [-0.25, -0.2) is 0 Å². The maximum atomic E-state index is 11.8. The van der Waals surface area contributed by atoms with Crippen molar-refractivity contribution in [2.45, 2.75) is 38.6 Å². The Hall–Kier alpha value is -1.36. The first kappa shape index (κ1) is 14.7. The Balaban J connectivity index is 2.09. The van der Waals surface area contributed by atoms with Crippen LogP contribution in [0.3, 0.4) is 0 Å². The van der Waals surface area contributed by atoms with Gasteiger partial charge in [0, 0.05) is 32.4 Å². The first-order chi connectivity index (χ1) is 8.74. The molecular weight excluding hydrogens is 228 g/mol. The molecule has 5 heteroatoms. The molecule has 1 heterocycles. The fourth-order valence-corrected chi connectivity index (χ4v) is 1.77. The number of unbranched alkanes of at least 4 members (excludes halogenated alkanes) is 3. The molecule has 0 atom stereocenters. The van der Waals surface area contributed by atoms with Crippen LogP contribution in [0.5, 0.6) is 0 Å². The fourth-order valence-electron chi connectivity index (χ4n) is 1.77. The lowest BCUT2D eigenvalue weighted by Gasteiger charge is -2.17. The third-order valence-electron chi connectivity index (χ3n) is 2.99. The van der Waals surface area contributed by atoms with Crippen molar-refractivity contribution >= 4 is 5.91 Å². The Kier molecular flexibility index (Phi) is 7.10. The molecular formula is C13H24N4O. The molecule has 0 aliphatic rings. The van der Waals surface area contributed by atoms with E-state index in [4.69, 9.17) is 5.73 Å². The van der Waals surface area contributed by atoms with Crippen LogP contribution in [0.2, 0.25) is 0 Å². The number of nitrogens with zero attached hydrogens (tertiary/aromatic N) is 3. The largest absolute Gasteiger partial charge is 0.344 e. The topological polar surface area (TPSA) is 64.2 Å². The van der Waals surface area contributed by atoms with Gasteiger partial charge in [-0.15, -0.1) is 0 Å².